The molecular formula is C14H16N4O3. The standard InChI is InChI=1S/C14H16N4O3/c19-13(20)14(5-2-1-3-6-14)9-10-17-12(18-21-10)11-15-7-4-8-16-11/h4,7-8H,1-3,5-6,9H2,(H,19,20). The number of carboxylic acid groups (broad SMARTS) is 1. The van der Waals surface area contributed by atoms with Crippen molar-refractivity contribution in [1.29, 1.82) is 0 Å². The lowest BCUT2D eigenvalue weighted by Gasteiger charge is -2.31. The van der Waals surface area contributed by atoms with Crippen molar-refractivity contribution in [2.45, 2.75) is 38.5 Å². The van der Waals surface area contributed by atoms with Crippen LogP contribution in [0.3, 0.4) is 0 Å². The second-order valence-corrected chi connectivity index (χ2v) is 5.41. The first-order valence-corrected chi connectivity index (χ1v) is 7.03. The molecule has 0 unspecified atom stereocenters. The molecular weight excluding hydrogens is 272 g/mol. The van der Waals surface area contributed by atoms with Crippen LogP contribution in [0.1, 0.15) is 38.0 Å². The molecule has 1 fully saturated rings. The highest BCUT2D eigenvalue weighted by atomic mass is 16.5. The number of nitrogens with zero attached hydrogens (tertiary/aromatic N) is 4. The molecule has 110 valence electrons. The zero-order valence-corrected chi connectivity index (χ0v) is 11.5. The number of hydrogen-bond donors (Lipinski definition) is 1. The molecule has 1 aliphatic carbocycles. The van der Waals surface area contributed by atoms with E-state index in [2.05, 4.69) is 20.1 Å². The van der Waals surface area contributed by atoms with Gasteiger partial charge in [-0.2, -0.15) is 4.98 Å². The first-order valence-electron chi connectivity index (χ1n) is 7.03. The van der Waals surface area contributed by atoms with Gasteiger partial charge in [0.2, 0.25) is 17.5 Å². The minimum Gasteiger partial charge on any atom is -0.481 e. The smallest absolute Gasteiger partial charge is 0.310 e. The average molecular weight is 288 g/mol. The summed E-state index contributed by atoms with van der Waals surface area (Å²) >= 11 is 0. The lowest BCUT2D eigenvalue weighted by atomic mass is 9.72. The fourth-order valence-corrected chi connectivity index (χ4v) is 2.82. The van der Waals surface area contributed by atoms with Crippen LogP contribution >= 0.6 is 0 Å². The number of rotatable bonds is 4. The number of carbonyl (C=O) groups is 1. The maximum Gasteiger partial charge on any atom is 0.310 e. The lowest BCUT2D eigenvalue weighted by Crippen LogP contribution is -2.35. The molecule has 2 aromatic rings. The van der Waals surface area contributed by atoms with Crippen molar-refractivity contribution in [3.05, 3.63) is 24.4 Å². The van der Waals surface area contributed by atoms with Gasteiger partial charge in [-0.05, 0) is 18.9 Å². The van der Waals surface area contributed by atoms with Crippen LogP contribution in [0.15, 0.2) is 23.0 Å². The zero-order chi connectivity index (χ0) is 14.7. The average Bonchev–Trinajstić information content (AvgIpc) is 2.97. The van der Waals surface area contributed by atoms with Gasteiger partial charge in [-0.1, -0.05) is 24.4 Å². The summed E-state index contributed by atoms with van der Waals surface area (Å²) in [5.74, 6) is 0.224. The predicted molar refractivity (Wildman–Crippen MR) is 72.2 cm³/mol. The minimum absolute atomic E-state index is 0.266. The van der Waals surface area contributed by atoms with Crippen molar-refractivity contribution in [1.82, 2.24) is 20.1 Å². The van der Waals surface area contributed by atoms with Crippen LogP contribution in [-0.4, -0.2) is 31.2 Å². The van der Waals surface area contributed by atoms with Crippen LogP contribution in [0.5, 0.6) is 0 Å². The van der Waals surface area contributed by atoms with Crippen LogP contribution in [0.2, 0.25) is 0 Å². The summed E-state index contributed by atoms with van der Waals surface area (Å²) in [6, 6.07) is 1.70. The second kappa shape index (κ2) is 5.59. The first-order chi connectivity index (χ1) is 10.2. The van der Waals surface area contributed by atoms with E-state index in [1.165, 1.54) is 0 Å². The molecule has 7 nitrogen and oxygen atoms in total. The van der Waals surface area contributed by atoms with Gasteiger partial charge in [0.05, 0.1) is 5.41 Å². The van der Waals surface area contributed by atoms with Gasteiger partial charge in [0, 0.05) is 18.8 Å². The SMILES string of the molecule is O=C(O)C1(Cc2nc(-c3ncccn3)no2)CCCCC1. The van der Waals surface area contributed by atoms with Gasteiger partial charge in [0.15, 0.2) is 0 Å². The molecule has 1 aliphatic rings. The molecule has 21 heavy (non-hydrogen) atoms. The van der Waals surface area contributed by atoms with E-state index in [0.29, 0.717) is 30.4 Å². The third kappa shape index (κ3) is 2.76. The largest absolute Gasteiger partial charge is 0.481 e. The van der Waals surface area contributed by atoms with E-state index in [-0.39, 0.29) is 6.42 Å². The molecule has 1 N–H and O–H groups in total. The molecule has 0 aliphatic heterocycles. The Hall–Kier alpha value is -2.31. The van der Waals surface area contributed by atoms with Crippen molar-refractivity contribution >= 4 is 5.97 Å². The maximum absolute atomic E-state index is 11.6. The summed E-state index contributed by atoms with van der Waals surface area (Å²) in [6.45, 7) is 0. The number of hydrogen-bond acceptors (Lipinski definition) is 6. The first kappa shape index (κ1) is 13.7. The molecule has 2 heterocycles. The van der Waals surface area contributed by atoms with E-state index < -0.39 is 11.4 Å². The van der Waals surface area contributed by atoms with Crippen LogP contribution in [0, 0.1) is 5.41 Å². The van der Waals surface area contributed by atoms with Crippen molar-refractivity contribution in [2.24, 2.45) is 5.41 Å². The Balaban J connectivity index is 1.81. The lowest BCUT2D eigenvalue weighted by molar-refractivity contribution is -0.151. The molecule has 0 atom stereocenters. The number of carboxylic acids is 1. The number of aliphatic carboxylic acids is 1. The van der Waals surface area contributed by atoms with E-state index in [4.69, 9.17) is 4.52 Å². The second-order valence-electron chi connectivity index (χ2n) is 5.41. The summed E-state index contributed by atoms with van der Waals surface area (Å²) in [6.07, 6.45) is 7.70. The van der Waals surface area contributed by atoms with Crippen molar-refractivity contribution in [2.75, 3.05) is 0 Å². The molecule has 7 heteroatoms. The van der Waals surface area contributed by atoms with Gasteiger partial charge in [-0.25, -0.2) is 9.97 Å². The Morgan fingerprint density at radius 2 is 1.90 bits per heavy atom. The topological polar surface area (TPSA) is 102 Å². The summed E-state index contributed by atoms with van der Waals surface area (Å²) in [7, 11) is 0. The molecule has 1 saturated carbocycles. The van der Waals surface area contributed by atoms with Gasteiger partial charge in [-0.3, -0.25) is 4.79 Å². The van der Waals surface area contributed by atoms with Gasteiger partial charge in [-0.15, -0.1) is 0 Å². The van der Waals surface area contributed by atoms with Crippen LogP contribution in [0.4, 0.5) is 0 Å². The molecule has 0 amide bonds. The van der Waals surface area contributed by atoms with Crippen molar-refractivity contribution < 1.29 is 14.4 Å². The van der Waals surface area contributed by atoms with Crippen molar-refractivity contribution in [3.63, 3.8) is 0 Å². The highest BCUT2D eigenvalue weighted by molar-refractivity contribution is 5.75. The Labute approximate surface area is 121 Å². The minimum atomic E-state index is -0.780. The van der Waals surface area contributed by atoms with Gasteiger partial charge < -0.3 is 9.63 Å². The molecule has 2 aromatic heterocycles. The molecule has 0 saturated heterocycles. The van der Waals surface area contributed by atoms with E-state index >= 15 is 0 Å². The molecule has 0 spiro atoms. The van der Waals surface area contributed by atoms with E-state index in [0.717, 1.165) is 19.3 Å². The summed E-state index contributed by atoms with van der Waals surface area (Å²) in [5.41, 5.74) is -0.778. The van der Waals surface area contributed by atoms with E-state index in [1.807, 2.05) is 0 Å². The molecule has 0 aromatic carbocycles. The van der Waals surface area contributed by atoms with Crippen LogP contribution in [0.25, 0.3) is 11.6 Å². The molecule has 0 radical (unpaired) electrons. The maximum atomic E-state index is 11.6. The Morgan fingerprint density at radius 3 is 2.57 bits per heavy atom. The van der Waals surface area contributed by atoms with E-state index in [1.54, 1.807) is 18.5 Å². The zero-order valence-electron chi connectivity index (χ0n) is 11.5. The van der Waals surface area contributed by atoms with Crippen LogP contribution < -0.4 is 0 Å². The van der Waals surface area contributed by atoms with Gasteiger partial charge >= 0.3 is 5.97 Å². The molecule has 0 bridgehead atoms. The quantitative estimate of drug-likeness (QED) is 0.919. The monoisotopic (exact) mass is 288 g/mol. The third-order valence-electron chi connectivity index (χ3n) is 3.99. The van der Waals surface area contributed by atoms with Crippen molar-refractivity contribution in [3.8, 4) is 11.6 Å². The Bertz CT molecular complexity index is 620. The van der Waals surface area contributed by atoms with E-state index in [9.17, 15) is 9.90 Å². The van der Waals surface area contributed by atoms with Gasteiger partial charge in [0.25, 0.3) is 0 Å². The normalized spacial score (nSPS) is 17.5. The van der Waals surface area contributed by atoms with Crippen LogP contribution in [-0.2, 0) is 11.2 Å². The Kier molecular flexibility index (Phi) is 3.64. The summed E-state index contributed by atoms with van der Waals surface area (Å²) in [5, 5.41) is 13.4. The predicted octanol–water partition coefficient (Wildman–Crippen LogP) is 2.10. The summed E-state index contributed by atoms with van der Waals surface area (Å²) < 4.78 is 5.19. The summed E-state index contributed by atoms with van der Waals surface area (Å²) in [4.78, 5) is 24.0. The fraction of sp³-hybridized carbons (Fsp3) is 0.500. The number of aromatic nitrogens is 4. The van der Waals surface area contributed by atoms with Gasteiger partial charge in [0.1, 0.15) is 0 Å². The highest BCUT2D eigenvalue weighted by Gasteiger charge is 2.41. The Morgan fingerprint density at radius 1 is 1.19 bits per heavy atom. The fourth-order valence-electron chi connectivity index (χ4n) is 2.82. The third-order valence-corrected chi connectivity index (χ3v) is 3.99. The highest BCUT2D eigenvalue weighted by Crippen LogP contribution is 2.39. The molecule has 3 rings (SSSR count).